The maximum atomic E-state index is 12.7. The van der Waals surface area contributed by atoms with E-state index in [1.807, 2.05) is 24.3 Å². The monoisotopic (exact) mass is 410 g/mol. The quantitative estimate of drug-likeness (QED) is 0.532. The fourth-order valence-electron chi connectivity index (χ4n) is 3.01. The van der Waals surface area contributed by atoms with E-state index in [2.05, 4.69) is 58.5 Å². The van der Waals surface area contributed by atoms with Gasteiger partial charge in [-0.25, -0.2) is 0 Å². The first kappa shape index (κ1) is 20.9. The second kappa shape index (κ2) is 10.1. The Balaban J connectivity index is 1.57. The van der Waals surface area contributed by atoms with Gasteiger partial charge in [0.1, 0.15) is 0 Å². The highest BCUT2D eigenvalue weighted by molar-refractivity contribution is 7.98. The predicted molar refractivity (Wildman–Crippen MR) is 116 cm³/mol. The van der Waals surface area contributed by atoms with Crippen LogP contribution in [0.3, 0.4) is 0 Å². The average molecular weight is 411 g/mol. The van der Waals surface area contributed by atoms with Crippen LogP contribution in [-0.4, -0.2) is 35.7 Å². The molecule has 152 valence electrons. The molecule has 29 heavy (non-hydrogen) atoms. The van der Waals surface area contributed by atoms with Gasteiger partial charge in [0.15, 0.2) is 5.82 Å². The first-order valence-electron chi connectivity index (χ1n) is 9.67. The van der Waals surface area contributed by atoms with Crippen molar-refractivity contribution in [1.29, 1.82) is 0 Å². The highest BCUT2D eigenvalue weighted by Gasteiger charge is 2.13. The summed E-state index contributed by atoms with van der Waals surface area (Å²) in [6.45, 7) is 8.20. The van der Waals surface area contributed by atoms with Crippen LogP contribution < -0.4 is 10.2 Å². The number of carbonyl (C=O) groups excluding carboxylic acids is 1. The van der Waals surface area contributed by atoms with Gasteiger partial charge in [0, 0.05) is 30.2 Å². The maximum absolute atomic E-state index is 12.7. The van der Waals surface area contributed by atoms with E-state index in [0.717, 1.165) is 18.0 Å². The van der Waals surface area contributed by atoms with Crippen molar-refractivity contribution in [2.75, 3.05) is 24.5 Å². The average Bonchev–Trinajstić information content (AvgIpc) is 3.15. The number of benzene rings is 2. The number of likely N-dealkylation sites (N-methyl/N-ethyl adjacent to an activating group) is 1. The van der Waals surface area contributed by atoms with Crippen molar-refractivity contribution in [3.63, 3.8) is 0 Å². The molecular weight excluding hydrogens is 384 g/mol. The Labute approximate surface area is 175 Å². The lowest BCUT2D eigenvalue weighted by molar-refractivity contribution is 0.0951. The minimum atomic E-state index is -0.0740. The summed E-state index contributed by atoms with van der Waals surface area (Å²) in [7, 11) is 0. The highest BCUT2D eigenvalue weighted by atomic mass is 32.2. The smallest absolute Gasteiger partial charge is 0.252 e. The minimum Gasteiger partial charge on any atom is -0.370 e. The fraction of sp³-hybridized carbons (Fsp3) is 0.318. The lowest BCUT2D eigenvalue weighted by Gasteiger charge is -2.23. The molecule has 0 saturated carbocycles. The molecule has 0 saturated heterocycles. The number of hydrogen-bond acceptors (Lipinski definition) is 6. The summed E-state index contributed by atoms with van der Waals surface area (Å²) in [5.74, 6) is 1.62. The van der Waals surface area contributed by atoms with Gasteiger partial charge >= 0.3 is 0 Å². The lowest BCUT2D eigenvalue weighted by Crippen LogP contribution is -2.35. The molecule has 1 amide bonds. The van der Waals surface area contributed by atoms with Gasteiger partial charge in [-0.05, 0) is 50.6 Å². The van der Waals surface area contributed by atoms with E-state index in [4.69, 9.17) is 4.52 Å². The number of aromatic nitrogens is 2. The number of anilines is 1. The van der Waals surface area contributed by atoms with Gasteiger partial charge in [0.2, 0.25) is 5.89 Å². The Morgan fingerprint density at radius 3 is 2.72 bits per heavy atom. The topological polar surface area (TPSA) is 71.3 Å². The van der Waals surface area contributed by atoms with Gasteiger partial charge in [-0.3, -0.25) is 4.79 Å². The summed E-state index contributed by atoms with van der Waals surface area (Å²) in [6.07, 6.45) is 0. The zero-order chi connectivity index (χ0) is 20.6. The summed E-state index contributed by atoms with van der Waals surface area (Å²) < 4.78 is 5.15. The van der Waals surface area contributed by atoms with Gasteiger partial charge in [-0.15, -0.1) is 11.8 Å². The number of thioether (sulfide) groups is 1. The Hall–Kier alpha value is -2.80. The standard InChI is InChI=1S/C22H26N4O2S/c1-4-26(18-9-7-8-16(2)14-18)13-12-23-22(27)19-10-5-6-11-20(19)29-15-21-24-17(3)25-28-21/h5-11,14H,4,12-13,15H2,1-3H3,(H,23,27). The highest BCUT2D eigenvalue weighted by Crippen LogP contribution is 2.25. The Morgan fingerprint density at radius 1 is 1.17 bits per heavy atom. The Morgan fingerprint density at radius 2 is 2.00 bits per heavy atom. The third-order valence-corrected chi connectivity index (χ3v) is 5.53. The number of nitrogens with one attached hydrogen (secondary N) is 1. The van der Waals surface area contributed by atoms with Gasteiger partial charge < -0.3 is 14.7 Å². The Bertz CT molecular complexity index is 957. The molecule has 0 bridgehead atoms. The van der Waals surface area contributed by atoms with Gasteiger partial charge in [0.25, 0.3) is 5.91 Å². The molecule has 0 fully saturated rings. The molecule has 0 spiro atoms. The summed E-state index contributed by atoms with van der Waals surface area (Å²) in [5, 5.41) is 6.84. The van der Waals surface area contributed by atoms with Crippen LogP contribution in [-0.2, 0) is 5.75 Å². The molecule has 1 N–H and O–H groups in total. The molecule has 1 aromatic heterocycles. The van der Waals surface area contributed by atoms with E-state index in [0.29, 0.717) is 29.6 Å². The largest absolute Gasteiger partial charge is 0.370 e. The molecule has 6 nitrogen and oxygen atoms in total. The van der Waals surface area contributed by atoms with Crippen LogP contribution in [0.5, 0.6) is 0 Å². The molecule has 0 radical (unpaired) electrons. The van der Waals surface area contributed by atoms with Crippen LogP contribution >= 0.6 is 11.8 Å². The molecule has 3 rings (SSSR count). The maximum Gasteiger partial charge on any atom is 0.252 e. The summed E-state index contributed by atoms with van der Waals surface area (Å²) >= 11 is 1.52. The van der Waals surface area contributed by atoms with Crippen molar-refractivity contribution in [1.82, 2.24) is 15.5 Å². The number of hydrogen-bond donors (Lipinski definition) is 1. The second-order valence-electron chi connectivity index (χ2n) is 6.69. The minimum absolute atomic E-state index is 0.0740. The van der Waals surface area contributed by atoms with Crippen molar-refractivity contribution in [3.8, 4) is 0 Å². The second-order valence-corrected chi connectivity index (χ2v) is 7.71. The zero-order valence-corrected chi connectivity index (χ0v) is 17.8. The normalized spacial score (nSPS) is 10.7. The van der Waals surface area contributed by atoms with Crippen molar-refractivity contribution in [2.45, 2.75) is 31.4 Å². The molecule has 0 aliphatic rings. The van der Waals surface area contributed by atoms with E-state index >= 15 is 0 Å². The van der Waals surface area contributed by atoms with Crippen molar-refractivity contribution >= 4 is 23.4 Å². The molecule has 0 atom stereocenters. The van der Waals surface area contributed by atoms with Crippen molar-refractivity contribution in [3.05, 3.63) is 71.4 Å². The van der Waals surface area contributed by atoms with Gasteiger partial charge in [-0.1, -0.05) is 29.4 Å². The molecule has 0 unspecified atom stereocenters. The fourth-order valence-corrected chi connectivity index (χ4v) is 3.90. The molecule has 0 aliphatic carbocycles. The molecule has 7 heteroatoms. The molecular formula is C22H26N4O2S. The van der Waals surface area contributed by atoms with Gasteiger partial charge in [0.05, 0.1) is 11.3 Å². The van der Waals surface area contributed by atoms with Crippen LogP contribution in [0.1, 0.15) is 34.6 Å². The SMILES string of the molecule is CCN(CCNC(=O)c1ccccc1SCc1nc(C)no1)c1cccc(C)c1. The van der Waals surface area contributed by atoms with E-state index in [-0.39, 0.29) is 5.91 Å². The first-order chi connectivity index (χ1) is 14.1. The number of aryl methyl sites for hydroxylation is 2. The van der Waals surface area contributed by atoms with Crippen LogP contribution in [0.4, 0.5) is 5.69 Å². The Kier molecular flexibility index (Phi) is 7.30. The van der Waals surface area contributed by atoms with Crippen LogP contribution in [0.15, 0.2) is 57.9 Å². The third-order valence-electron chi connectivity index (χ3n) is 4.47. The van der Waals surface area contributed by atoms with Gasteiger partial charge in [-0.2, -0.15) is 4.98 Å². The van der Waals surface area contributed by atoms with E-state index in [1.165, 1.54) is 23.0 Å². The predicted octanol–water partition coefficient (Wildman–Crippen LogP) is 4.24. The number of rotatable bonds is 9. The van der Waals surface area contributed by atoms with Crippen molar-refractivity contribution < 1.29 is 9.32 Å². The van der Waals surface area contributed by atoms with E-state index < -0.39 is 0 Å². The molecule has 0 aliphatic heterocycles. The van der Waals surface area contributed by atoms with E-state index in [1.54, 1.807) is 6.92 Å². The lowest BCUT2D eigenvalue weighted by atomic mass is 10.2. The zero-order valence-electron chi connectivity index (χ0n) is 17.0. The third kappa shape index (κ3) is 5.84. The summed E-state index contributed by atoms with van der Waals surface area (Å²) in [5.41, 5.74) is 3.06. The van der Waals surface area contributed by atoms with Crippen LogP contribution in [0.2, 0.25) is 0 Å². The summed E-state index contributed by atoms with van der Waals surface area (Å²) in [6, 6.07) is 16.0. The van der Waals surface area contributed by atoms with Crippen molar-refractivity contribution in [2.24, 2.45) is 0 Å². The number of nitrogens with zero attached hydrogens (tertiary/aromatic N) is 3. The molecule has 2 aromatic carbocycles. The molecule has 3 aromatic rings. The number of amides is 1. The van der Waals surface area contributed by atoms with E-state index in [9.17, 15) is 4.79 Å². The van der Waals surface area contributed by atoms with Crippen LogP contribution in [0, 0.1) is 13.8 Å². The first-order valence-corrected chi connectivity index (χ1v) is 10.7. The summed E-state index contributed by atoms with van der Waals surface area (Å²) in [4.78, 5) is 20.1. The van der Waals surface area contributed by atoms with Crippen LogP contribution in [0.25, 0.3) is 0 Å². The molecule has 1 heterocycles. The number of carbonyl (C=O) groups is 1.